The SMILES string of the molecule is O=C(NCC1CCS(=O)(=O)C1)c1ccc(-n2cnc3ccccc32)cc1. The lowest BCUT2D eigenvalue weighted by Gasteiger charge is -2.10. The summed E-state index contributed by atoms with van der Waals surface area (Å²) < 4.78 is 24.9. The Kier molecular flexibility index (Phi) is 4.24. The molecule has 1 fully saturated rings. The van der Waals surface area contributed by atoms with Gasteiger partial charge in [-0.05, 0) is 48.7 Å². The lowest BCUT2D eigenvalue weighted by molar-refractivity contribution is 0.0948. The molecule has 0 radical (unpaired) electrons. The molecule has 134 valence electrons. The van der Waals surface area contributed by atoms with E-state index in [2.05, 4.69) is 10.3 Å². The third kappa shape index (κ3) is 3.35. The van der Waals surface area contributed by atoms with Gasteiger partial charge in [-0.25, -0.2) is 13.4 Å². The molecule has 1 N–H and O–H groups in total. The summed E-state index contributed by atoms with van der Waals surface area (Å²) in [5, 5.41) is 2.84. The summed E-state index contributed by atoms with van der Waals surface area (Å²) in [5.41, 5.74) is 3.41. The van der Waals surface area contributed by atoms with Crippen molar-refractivity contribution in [3.8, 4) is 5.69 Å². The largest absolute Gasteiger partial charge is 0.352 e. The van der Waals surface area contributed by atoms with Crippen molar-refractivity contribution in [1.82, 2.24) is 14.9 Å². The summed E-state index contributed by atoms with van der Waals surface area (Å²) in [7, 11) is -2.92. The van der Waals surface area contributed by atoms with Crippen LogP contribution in [0.5, 0.6) is 0 Å². The maximum Gasteiger partial charge on any atom is 0.251 e. The maximum atomic E-state index is 12.3. The van der Waals surface area contributed by atoms with E-state index in [1.807, 2.05) is 41.0 Å². The Morgan fingerprint density at radius 2 is 1.92 bits per heavy atom. The van der Waals surface area contributed by atoms with Crippen molar-refractivity contribution in [2.45, 2.75) is 6.42 Å². The predicted octanol–water partition coefficient (Wildman–Crippen LogP) is 2.19. The van der Waals surface area contributed by atoms with Crippen LogP contribution in [0.15, 0.2) is 54.9 Å². The van der Waals surface area contributed by atoms with Gasteiger partial charge in [0.2, 0.25) is 0 Å². The van der Waals surface area contributed by atoms with Crippen LogP contribution in [0.4, 0.5) is 0 Å². The molecule has 7 heteroatoms. The molecule has 26 heavy (non-hydrogen) atoms. The van der Waals surface area contributed by atoms with Crippen LogP contribution < -0.4 is 5.32 Å². The highest BCUT2D eigenvalue weighted by molar-refractivity contribution is 7.91. The smallest absolute Gasteiger partial charge is 0.251 e. The van der Waals surface area contributed by atoms with Crippen molar-refractivity contribution in [3.63, 3.8) is 0 Å². The number of nitrogens with zero attached hydrogens (tertiary/aromatic N) is 2. The van der Waals surface area contributed by atoms with Crippen molar-refractivity contribution in [2.24, 2.45) is 5.92 Å². The van der Waals surface area contributed by atoms with Crippen molar-refractivity contribution in [2.75, 3.05) is 18.1 Å². The van der Waals surface area contributed by atoms with Crippen LogP contribution in [0, 0.1) is 5.92 Å². The van der Waals surface area contributed by atoms with Crippen LogP contribution in [-0.2, 0) is 9.84 Å². The zero-order valence-corrected chi connectivity index (χ0v) is 14.9. The first-order valence-electron chi connectivity index (χ1n) is 8.53. The minimum Gasteiger partial charge on any atom is -0.352 e. The molecule has 1 saturated heterocycles. The lowest BCUT2D eigenvalue weighted by atomic mass is 10.1. The van der Waals surface area contributed by atoms with E-state index >= 15 is 0 Å². The van der Waals surface area contributed by atoms with Crippen molar-refractivity contribution in [1.29, 1.82) is 0 Å². The Morgan fingerprint density at radius 1 is 1.15 bits per heavy atom. The molecule has 2 heterocycles. The summed E-state index contributed by atoms with van der Waals surface area (Å²) in [6.07, 6.45) is 2.38. The number of sulfone groups is 1. The molecule has 4 rings (SSSR count). The molecule has 1 aliphatic rings. The molecule has 1 atom stereocenters. The van der Waals surface area contributed by atoms with Gasteiger partial charge in [-0.15, -0.1) is 0 Å². The Hall–Kier alpha value is -2.67. The van der Waals surface area contributed by atoms with Gasteiger partial charge in [0.15, 0.2) is 9.84 Å². The van der Waals surface area contributed by atoms with E-state index in [0.717, 1.165) is 16.7 Å². The van der Waals surface area contributed by atoms with Crippen LogP contribution in [0.2, 0.25) is 0 Å². The molecule has 1 aromatic heterocycles. The monoisotopic (exact) mass is 369 g/mol. The molecule has 0 aliphatic carbocycles. The van der Waals surface area contributed by atoms with E-state index in [1.165, 1.54) is 0 Å². The number of rotatable bonds is 4. The second-order valence-corrected chi connectivity index (χ2v) is 8.86. The number of benzene rings is 2. The zero-order valence-electron chi connectivity index (χ0n) is 14.1. The van der Waals surface area contributed by atoms with Crippen LogP contribution in [0.3, 0.4) is 0 Å². The van der Waals surface area contributed by atoms with Crippen molar-refractivity contribution >= 4 is 26.8 Å². The number of carbonyl (C=O) groups excluding carboxylic acids is 1. The zero-order chi connectivity index (χ0) is 18.1. The average Bonchev–Trinajstić information content (AvgIpc) is 3.23. The molecule has 1 unspecified atom stereocenters. The summed E-state index contributed by atoms with van der Waals surface area (Å²) in [6.45, 7) is 0.395. The van der Waals surface area contributed by atoms with Crippen LogP contribution in [0.1, 0.15) is 16.8 Å². The molecule has 0 spiro atoms. The van der Waals surface area contributed by atoms with E-state index in [-0.39, 0.29) is 23.3 Å². The summed E-state index contributed by atoms with van der Waals surface area (Å²) in [5.74, 6) is 0.220. The number of hydrogen-bond acceptors (Lipinski definition) is 4. The van der Waals surface area contributed by atoms with Crippen LogP contribution >= 0.6 is 0 Å². The van der Waals surface area contributed by atoms with Crippen LogP contribution in [-0.4, -0.2) is 41.9 Å². The van der Waals surface area contributed by atoms with Crippen molar-refractivity contribution < 1.29 is 13.2 Å². The van der Waals surface area contributed by atoms with Gasteiger partial charge >= 0.3 is 0 Å². The van der Waals surface area contributed by atoms with Gasteiger partial charge < -0.3 is 5.32 Å². The van der Waals surface area contributed by atoms with Crippen molar-refractivity contribution in [3.05, 3.63) is 60.4 Å². The van der Waals surface area contributed by atoms with Gasteiger partial charge in [0.05, 0.1) is 22.5 Å². The molecule has 1 amide bonds. The Bertz CT molecular complexity index is 1060. The number of nitrogens with one attached hydrogen (secondary N) is 1. The van der Waals surface area contributed by atoms with Gasteiger partial charge in [-0.2, -0.15) is 0 Å². The lowest BCUT2D eigenvalue weighted by Crippen LogP contribution is -2.29. The van der Waals surface area contributed by atoms with Crippen LogP contribution in [0.25, 0.3) is 16.7 Å². The van der Waals surface area contributed by atoms with E-state index in [0.29, 0.717) is 18.5 Å². The van der Waals surface area contributed by atoms with Gasteiger partial charge in [0.1, 0.15) is 6.33 Å². The normalized spacial score (nSPS) is 18.8. The Morgan fingerprint density at radius 3 is 2.65 bits per heavy atom. The van der Waals surface area contributed by atoms with E-state index < -0.39 is 9.84 Å². The third-order valence-electron chi connectivity index (χ3n) is 4.74. The molecule has 2 aromatic carbocycles. The highest BCUT2D eigenvalue weighted by Gasteiger charge is 2.27. The average molecular weight is 369 g/mol. The Balaban J connectivity index is 1.45. The fraction of sp³-hybridized carbons (Fsp3) is 0.263. The van der Waals surface area contributed by atoms with E-state index in [1.54, 1.807) is 18.5 Å². The first kappa shape index (κ1) is 16.8. The molecule has 1 aliphatic heterocycles. The quantitative estimate of drug-likeness (QED) is 0.764. The molecule has 3 aromatic rings. The minimum atomic E-state index is -2.92. The summed E-state index contributed by atoms with van der Waals surface area (Å²) in [6, 6.07) is 15.2. The number of carbonyl (C=O) groups is 1. The summed E-state index contributed by atoms with van der Waals surface area (Å²) >= 11 is 0. The number of imidazole rings is 1. The fourth-order valence-corrected chi connectivity index (χ4v) is 5.17. The Labute approximate surface area is 151 Å². The predicted molar refractivity (Wildman–Crippen MR) is 100 cm³/mol. The molecule has 6 nitrogen and oxygen atoms in total. The number of para-hydroxylation sites is 2. The first-order chi connectivity index (χ1) is 12.5. The highest BCUT2D eigenvalue weighted by Crippen LogP contribution is 2.19. The number of fused-ring (bicyclic) bond motifs is 1. The van der Waals surface area contributed by atoms with E-state index in [9.17, 15) is 13.2 Å². The third-order valence-corrected chi connectivity index (χ3v) is 6.58. The van der Waals surface area contributed by atoms with Gasteiger partial charge in [-0.1, -0.05) is 12.1 Å². The number of aromatic nitrogens is 2. The fourth-order valence-electron chi connectivity index (χ4n) is 3.31. The van der Waals surface area contributed by atoms with Gasteiger partial charge in [0.25, 0.3) is 5.91 Å². The summed E-state index contributed by atoms with van der Waals surface area (Å²) in [4.78, 5) is 16.7. The first-order valence-corrected chi connectivity index (χ1v) is 10.4. The second-order valence-electron chi connectivity index (χ2n) is 6.63. The maximum absolute atomic E-state index is 12.3. The number of hydrogen-bond donors (Lipinski definition) is 1. The molecular weight excluding hydrogens is 350 g/mol. The molecular formula is C19H19N3O3S. The standard InChI is InChI=1S/C19H19N3O3S/c23-19(20-11-14-9-10-26(24,25)12-14)15-5-7-16(8-6-15)22-13-21-17-3-1-2-4-18(17)22/h1-8,13-14H,9-12H2,(H,20,23). The highest BCUT2D eigenvalue weighted by atomic mass is 32.2. The number of amides is 1. The van der Waals surface area contributed by atoms with E-state index in [4.69, 9.17) is 0 Å². The molecule has 0 bridgehead atoms. The van der Waals surface area contributed by atoms with Gasteiger partial charge in [0, 0.05) is 17.8 Å². The van der Waals surface area contributed by atoms with Gasteiger partial charge in [-0.3, -0.25) is 9.36 Å². The minimum absolute atomic E-state index is 0.0144. The molecule has 0 saturated carbocycles. The topological polar surface area (TPSA) is 81.1 Å². The second kappa shape index (κ2) is 6.57.